The van der Waals surface area contributed by atoms with Crippen LogP contribution in [0.2, 0.25) is 0 Å². The van der Waals surface area contributed by atoms with E-state index >= 15 is 0 Å². The highest BCUT2D eigenvalue weighted by Crippen LogP contribution is 2.24. The number of anilines is 1. The lowest BCUT2D eigenvalue weighted by Crippen LogP contribution is -2.25. The molecule has 1 amide bonds. The van der Waals surface area contributed by atoms with Crippen molar-refractivity contribution in [2.24, 2.45) is 5.73 Å². The standard InChI is InChI=1S/C17H22N4OS.ClH/c18-11-13-3-5-14(6-4-13)16(22)19-8-7-15-12-23-17(20-15)21-9-1-2-10-21;/h3-6,12H,1-2,7-11,18H2,(H,19,22);1H. The molecule has 0 bridgehead atoms. The van der Waals surface area contributed by atoms with Gasteiger partial charge in [0.25, 0.3) is 5.91 Å². The zero-order valence-corrected chi connectivity index (χ0v) is 15.2. The highest BCUT2D eigenvalue weighted by Gasteiger charge is 2.15. The molecule has 0 radical (unpaired) electrons. The molecule has 0 aliphatic carbocycles. The Balaban J connectivity index is 0.00000208. The Labute approximate surface area is 152 Å². The monoisotopic (exact) mass is 366 g/mol. The van der Waals surface area contributed by atoms with E-state index < -0.39 is 0 Å². The van der Waals surface area contributed by atoms with Gasteiger partial charge in [0, 0.05) is 43.5 Å². The number of carbonyl (C=O) groups is 1. The van der Waals surface area contributed by atoms with Gasteiger partial charge in [0.05, 0.1) is 5.69 Å². The minimum absolute atomic E-state index is 0. The molecular formula is C17H23ClN4OS. The third-order valence-electron chi connectivity index (χ3n) is 4.03. The highest BCUT2D eigenvalue weighted by molar-refractivity contribution is 7.13. The van der Waals surface area contributed by atoms with E-state index in [1.165, 1.54) is 12.8 Å². The van der Waals surface area contributed by atoms with Gasteiger partial charge in [-0.05, 0) is 30.5 Å². The quantitative estimate of drug-likeness (QED) is 0.824. The van der Waals surface area contributed by atoms with Gasteiger partial charge in [-0.25, -0.2) is 4.98 Å². The Hall–Kier alpha value is -1.63. The van der Waals surface area contributed by atoms with Gasteiger partial charge in [-0.3, -0.25) is 4.79 Å². The first-order valence-corrected chi connectivity index (χ1v) is 8.91. The van der Waals surface area contributed by atoms with E-state index in [9.17, 15) is 4.79 Å². The van der Waals surface area contributed by atoms with E-state index in [-0.39, 0.29) is 18.3 Å². The second kappa shape index (κ2) is 9.01. The fourth-order valence-electron chi connectivity index (χ4n) is 2.66. The van der Waals surface area contributed by atoms with Crippen LogP contribution in [0.3, 0.4) is 0 Å². The molecule has 1 aliphatic rings. The summed E-state index contributed by atoms with van der Waals surface area (Å²) in [5, 5.41) is 6.15. The van der Waals surface area contributed by atoms with Crippen LogP contribution in [0.1, 0.15) is 34.5 Å². The number of carbonyl (C=O) groups excluding carboxylic acids is 1. The van der Waals surface area contributed by atoms with E-state index in [2.05, 4.69) is 20.6 Å². The minimum Gasteiger partial charge on any atom is -0.352 e. The van der Waals surface area contributed by atoms with E-state index in [1.54, 1.807) is 11.3 Å². The number of nitrogens with one attached hydrogen (secondary N) is 1. The average Bonchev–Trinajstić information content (AvgIpc) is 3.26. The predicted molar refractivity (Wildman–Crippen MR) is 101 cm³/mol. The van der Waals surface area contributed by atoms with Crippen LogP contribution in [0.5, 0.6) is 0 Å². The lowest BCUT2D eigenvalue weighted by Gasteiger charge is -2.12. The number of benzene rings is 1. The Morgan fingerprint density at radius 1 is 1.25 bits per heavy atom. The summed E-state index contributed by atoms with van der Waals surface area (Å²) in [7, 11) is 0. The van der Waals surface area contributed by atoms with Crippen LogP contribution >= 0.6 is 23.7 Å². The van der Waals surface area contributed by atoms with E-state index in [1.807, 2.05) is 24.3 Å². The molecule has 2 heterocycles. The minimum atomic E-state index is -0.0523. The summed E-state index contributed by atoms with van der Waals surface area (Å²) < 4.78 is 0. The third-order valence-corrected chi connectivity index (χ3v) is 4.98. The number of nitrogens with zero attached hydrogens (tertiary/aromatic N) is 2. The first-order chi connectivity index (χ1) is 11.3. The molecule has 1 saturated heterocycles. The van der Waals surface area contributed by atoms with Crippen molar-refractivity contribution in [3.63, 3.8) is 0 Å². The maximum atomic E-state index is 12.1. The maximum Gasteiger partial charge on any atom is 0.251 e. The van der Waals surface area contributed by atoms with Gasteiger partial charge in [-0.1, -0.05) is 12.1 Å². The summed E-state index contributed by atoms with van der Waals surface area (Å²) in [6, 6.07) is 7.40. The van der Waals surface area contributed by atoms with Crippen LogP contribution in [0.4, 0.5) is 5.13 Å². The van der Waals surface area contributed by atoms with Crippen molar-refractivity contribution in [3.05, 3.63) is 46.5 Å². The van der Waals surface area contributed by atoms with Gasteiger partial charge in [-0.15, -0.1) is 23.7 Å². The molecule has 7 heteroatoms. The van der Waals surface area contributed by atoms with Crippen LogP contribution in [-0.4, -0.2) is 30.5 Å². The number of halogens is 1. The van der Waals surface area contributed by atoms with Crippen molar-refractivity contribution in [3.8, 4) is 0 Å². The number of aromatic nitrogens is 1. The predicted octanol–water partition coefficient (Wildman–Crippen LogP) is 2.60. The molecule has 3 N–H and O–H groups in total. The molecule has 0 unspecified atom stereocenters. The van der Waals surface area contributed by atoms with Crippen molar-refractivity contribution < 1.29 is 4.79 Å². The molecule has 0 saturated carbocycles. The summed E-state index contributed by atoms with van der Waals surface area (Å²) in [6.07, 6.45) is 3.28. The Kier molecular flexibility index (Phi) is 7.02. The molecule has 130 valence electrons. The molecule has 1 aromatic carbocycles. The average molecular weight is 367 g/mol. The lowest BCUT2D eigenvalue weighted by atomic mass is 10.1. The summed E-state index contributed by atoms with van der Waals surface area (Å²) >= 11 is 1.70. The SMILES string of the molecule is Cl.NCc1ccc(C(=O)NCCc2csc(N3CCCC3)n2)cc1. The third kappa shape index (κ3) is 4.69. The Bertz CT molecular complexity index is 653. The second-order valence-electron chi connectivity index (χ2n) is 5.72. The summed E-state index contributed by atoms with van der Waals surface area (Å²) in [6.45, 7) is 3.32. The highest BCUT2D eigenvalue weighted by atomic mass is 35.5. The first-order valence-electron chi connectivity index (χ1n) is 8.03. The lowest BCUT2D eigenvalue weighted by molar-refractivity contribution is 0.0954. The van der Waals surface area contributed by atoms with Gasteiger partial charge in [-0.2, -0.15) is 0 Å². The fourth-order valence-corrected chi connectivity index (χ4v) is 3.58. The first kappa shape index (κ1) is 18.7. The molecule has 24 heavy (non-hydrogen) atoms. The van der Waals surface area contributed by atoms with Crippen LogP contribution in [0.25, 0.3) is 0 Å². The Morgan fingerprint density at radius 3 is 2.62 bits per heavy atom. The molecule has 1 aromatic heterocycles. The maximum absolute atomic E-state index is 12.1. The number of amides is 1. The molecule has 1 fully saturated rings. The number of hydrogen-bond donors (Lipinski definition) is 2. The van der Waals surface area contributed by atoms with Gasteiger partial charge >= 0.3 is 0 Å². The summed E-state index contributed by atoms with van der Waals surface area (Å²) in [4.78, 5) is 19.1. The van der Waals surface area contributed by atoms with E-state index in [0.29, 0.717) is 18.7 Å². The zero-order valence-electron chi connectivity index (χ0n) is 13.5. The van der Waals surface area contributed by atoms with Crippen molar-refractivity contribution >= 4 is 34.8 Å². The smallest absolute Gasteiger partial charge is 0.251 e. The van der Waals surface area contributed by atoms with Crippen molar-refractivity contribution in [2.75, 3.05) is 24.5 Å². The molecule has 5 nitrogen and oxygen atoms in total. The largest absolute Gasteiger partial charge is 0.352 e. The van der Waals surface area contributed by atoms with Gasteiger partial charge in [0.15, 0.2) is 5.13 Å². The molecular weight excluding hydrogens is 344 g/mol. The molecule has 0 spiro atoms. The zero-order chi connectivity index (χ0) is 16.1. The molecule has 0 atom stereocenters. The molecule has 2 aromatic rings. The number of rotatable bonds is 6. The van der Waals surface area contributed by atoms with Crippen molar-refractivity contribution in [1.82, 2.24) is 10.3 Å². The molecule has 1 aliphatic heterocycles. The van der Waals surface area contributed by atoms with E-state index in [4.69, 9.17) is 5.73 Å². The van der Waals surface area contributed by atoms with Crippen molar-refractivity contribution in [1.29, 1.82) is 0 Å². The Morgan fingerprint density at radius 2 is 1.96 bits per heavy atom. The number of nitrogens with two attached hydrogens (primary N) is 1. The van der Waals surface area contributed by atoms with Crippen LogP contribution in [-0.2, 0) is 13.0 Å². The van der Waals surface area contributed by atoms with Gasteiger partial charge in [0.2, 0.25) is 0 Å². The summed E-state index contributed by atoms with van der Waals surface area (Å²) in [5.74, 6) is -0.0523. The van der Waals surface area contributed by atoms with Gasteiger partial charge < -0.3 is 16.0 Å². The second-order valence-corrected chi connectivity index (χ2v) is 6.56. The van der Waals surface area contributed by atoms with E-state index in [0.717, 1.165) is 35.9 Å². The topological polar surface area (TPSA) is 71.2 Å². The normalized spacial score (nSPS) is 13.6. The van der Waals surface area contributed by atoms with Crippen LogP contribution in [0, 0.1) is 0 Å². The molecule has 3 rings (SSSR count). The van der Waals surface area contributed by atoms with Crippen LogP contribution in [0.15, 0.2) is 29.6 Å². The van der Waals surface area contributed by atoms with Crippen LogP contribution < -0.4 is 16.0 Å². The van der Waals surface area contributed by atoms with Gasteiger partial charge in [0.1, 0.15) is 0 Å². The number of hydrogen-bond acceptors (Lipinski definition) is 5. The fraction of sp³-hybridized carbons (Fsp3) is 0.412. The van der Waals surface area contributed by atoms with Crippen molar-refractivity contribution in [2.45, 2.75) is 25.8 Å². The summed E-state index contributed by atoms with van der Waals surface area (Å²) in [5.41, 5.74) is 8.30. The number of thiazole rings is 1.